The standard InChI is InChI=1S/C12H16Br2N2O/c1-3-15-5-4-11(17)16-12-9(13)6-8(2)7-10(12)14/h6-7,15H,3-5H2,1-2H3,(H,16,17). The van der Waals surface area contributed by atoms with Gasteiger partial charge in [0.2, 0.25) is 5.91 Å². The second-order valence-electron chi connectivity index (χ2n) is 3.76. The molecule has 0 bridgehead atoms. The SMILES string of the molecule is CCNCCC(=O)Nc1c(Br)cc(C)cc1Br. The van der Waals surface area contributed by atoms with Gasteiger partial charge in [0.05, 0.1) is 5.69 Å². The number of aryl methyl sites for hydroxylation is 1. The molecule has 0 aliphatic heterocycles. The van der Waals surface area contributed by atoms with E-state index in [1.54, 1.807) is 0 Å². The maximum absolute atomic E-state index is 11.7. The normalized spacial score (nSPS) is 10.4. The van der Waals surface area contributed by atoms with Crippen LogP contribution < -0.4 is 10.6 Å². The molecule has 3 nitrogen and oxygen atoms in total. The summed E-state index contributed by atoms with van der Waals surface area (Å²) in [7, 11) is 0. The van der Waals surface area contributed by atoms with E-state index < -0.39 is 0 Å². The number of carbonyl (C=O) groups excluding carboxylic acids is 1. The Morgan fingerprint density at radius 2 is 1.88 bits per heavy atom. The third-order valence-electron chi connectivity index (χ3n) is 2.23. The van der Waals surface area contributed by atoms with Gasteiger partial charge in [0.15, 0.2) is 0 Å². The lowest BCUT2D eigenvalue weighted by Gasteiger charge is -2.10. The van der Waals surface area contributed by atoms with Crippen LogP contribution in [-0.4, -0.2) is 19.0 Å². The summed E-state index contributed by atoms with van der Waals surface area (Å²) in [5.41, 5.74) is 1.92. The quantitative estimate of drug-likeness (QED) is 0.786. The summed E-state index contributed by atoms with van der Waals surface area (Å²) < 4.78 is 1.78. The van der Waals surface area contributed by atoms with Gasteiger partial charge < -0.3 is 10.6 Å². The minimum Gasteiger partial charge on any atom is -0.324 e. The highest BCUT2D eigenvalue weighted by Crippen LogP contribution is 2.32. The Kier molecular flexibility index (Phi) is 6.16. The van der Waals surface area contributed by atoms with Crippen molar-refractivity contribution in [1.29, 1.82) is 0 Å². The van der Waals surface area contributed by atoms with Crippen molar-refractivity contribution in [1.82, 2.24) is 5.32 Å². The number of hydrogen-bond acceptors (Lipinski definition) is 2. The summed E-state index contributed by atoms with van der Waals surface area (Å²) in [4.78, 5) is 11.7. The molecule has 17 heavy (non-hydrogen) atoms. The Bertz CT molecular complexity index is 384. The lowest BCUT2D eigenvalue weighted by molar-refractivity contribution is -0.116. The average Bonchev–Trinajstić information content (AvgIpc) is 2.24. The Labute approximate surface area is 119 Å². The summed E-state index contributed by atoms with van der Waals surface area (Å²) in [6, 6.07) is 3.95. The minimum absolute atomic E-state index is 0.0104. The monoisotopic (exact) mass is 362 g/mol. The van der Waals surface area contributed by atoms with Crippen LogP contribution in [0.2, 0.25) is 0 Å². The van der Waals surface area contributed by atoms with E-state index in [0.29, 0.717) is 13.0 Å². The zero-order valence-electron chi connectivity index (χ0n) is 9.94. The number of halogens is 2. The van der Waals surface area contributed by atoms with E-state index in [1.807, 2.05) is 26.0 Å². The molecule has 0 unspecified atom stereocenters. The first-order valence-corrected chi connectivity index (χ1v) is 7.09. The average molecular weight is 364 g/mol. The zero-order valence-corrected chi connectivity index (χ0v) is 13.1. The number of nitrogens with one attached hydrogen (secondary N) is 2. The molecule has 0 radical (unpaired) electrons. The Morgan fingerprint density at radius 1 is 1.29 bits per heavy atom. The van der Waals surface area contributed by atoms with E-state index in [4.69, 9.17) is 0 Å². The molecule has 2 N–H and O–H groups in total. The van der Waals surface area contributed by atoms with Crippen molar-refractivity contribution >= 4 is 43.5 Å². The zero-order chi connectivity index (χ0) is 12.8. The summed E-state index contributed by atoms with van der Waals surface area (Å²) in [5, 5.41) is 6.01. The van der Waals surface area contributed by atoms with Crippen molar-refractivity contribution < 1.29 is 4.79 Å². The smallest absolute Gasteiger partial charge is 0.225 e. The van der Waals surface area contributed by atoms with Crippen LogP contribution in [0.15, 0.2) is 21.1 Å². The van der Waals surface area contributed by atoms with Gasteiger partial charge in [-0.25, -0.2) is 0 Å². The van der Waals surface area contributed by atoms with Gasteiger partial charge in [-0.15, -0.1) is 0 Å². The molecule has 0 saturated heterocycles. The van der Waals surface area contributed by atoms with Crippen molar-refractivity contribution in [3.63, 3.8) is 0 Å². The third-order valence-corrected chi connectivity index (χ3v) is 3.48. The topological polar surface area (TPSA) is 41.1 Å². The van der Waals surface area contributed by atoms with Gasteiger partial charge >= 0.3 is 0 Å². The maximum Gasteiger partial charge on any atom is 0.225 e. The van der Waals surface area contributed by atoms with Gasteiger partial charge in [0, 0.05) is 21.9 Å². The van der Waals surface area contributed by atoms with Gasteiger partial charge in [-0.05, 0) is 63.0 Å². The Balaban J connectivity index is 2.65. The highest BCUT2D eigenvalue weighted by Gasteiger charge is 2.09. The van der Waals surface area contributed by atoms with Crippen LogP contribution in [0.5, 0.6) is 0 Å². The molecule has 94 valence electrons. The highest BCUT2D eigenvalue weighted by atomic mass is 79.9. The molecule has 0 spiro atoms. The van der Waals surface area contributed by atoms with E-state index in [9.17, 15) is 4.79 Å². The molecule has 0 aliphatic carbocycles. The Hall–Kier alpha value is -0.390. The first-order chi connectivity index (χ1) is 8.04. The van der Waals surface area contributed by atoms with Crippen LogP contribution in [0, 0.1) is 6.92 Å². The van der Waals surface area contributed by atoms with Crippen molar-refractivity contribution in [2.75, 3.05) is 18.4 Å². The largest absolute Gasteiger partial charge is 0.324 e. The fourth-order valence-electron chi connectivity index (χ4n) is 1.40. The molecule has 0 atom stereocenters. The first kappa shape index (κ1) is 14.7. The fourth-order valence-corrected chi connectivity index (χ4v) is 3.01. The second-order valence-corrected chi connectivity index (χ2v) is 5.46. The maximum atomic E-state index is 11.7. The van der Waals surface area contributed by atoms with Crippen molar-refractivity contribution in [2.24, 2.45) is 0 Å². The number of benzene rings is 1. The number of rotatable bonds is 5. The molecule has 1 rings (SSSR count). The van der Waals surface area contributed by atoms with E-state index in [2.05, 4.69) is 42.5 Å². The molecule has 1 aromatic carbocycles. The van der Waals surface area contributed by atoms with Crippen LogP contribution >= 0.6 is 31.9 Å². The predicted molar refractivity (Wildman–Crippen MR) is 78.4 cm³/mol. The third kappa shape index (κ3) is 4.77. The predicted octanol–water partition coefficient (Wildman–Crippen LogP) is 3.46. The second kappa shape index (κ2) is 7.13. The lowest BCUT2D eigenvalue weighted by atomic mass is 10.2. The van der Waals surface area contributed by atoms with Crippen LogP contribution in [0.1, 0.15) is 18.9 Å². The van der Waals surface area contributed by atoms with Gasteiger partial charge in [0.1, 0.15) is 0 Å². The van der Waals surface area contributed by atoms with E-state index in [-0.39, 0.29) is 5.91 Å². The molecule has 0 fully saturated rings. The first-order valence-electron chi connectivity index (χ1n) is 5.50. The fraction of sp³-hybridized carbons (Fsp3) is 0.417. The molecular weight excluding hydrogens is 348 g/mol. The van der Waals surface area contributed by atoms with E-state index >= 15 is 0 Å². The molecule has 0 saturated carbocycles. The number of anilines is 1. The van der Waals surface area contributed by atoms with E-state index in [0.717, 1.165) is 26.7 Å². The molecule has 0 aliphatic rings. The number of hydrogen-bond donors (Lipinski definition) is 2. The van der Waals surface area contributed by atoms with Crippen molar-refractivity contribution in [3.8, 4) is 0 Å². The summed E-state index contributed by atoms with van der Waals surface area (Å²) in [6.45, 7) is 5.60. The van der Waals surface area contributed by atoms with Gasteiger partial charge in [-0.1, -0.05) is 6.92 Å². The molecule has 0 heterocycles. The number of carbonyl (C=O) groups is 1. The van der Waals surface area contributed by atoms with Gasteiger partial charge in [-0.3, -0.25) is 4.79 Å². The summed E-state index contributed by atoms with van der Waals surface area (Å²) in [5.74, 6) is 0.0104. The minimum atomic E-state index is 0.0104. The Morgan fingerprint density at radius 3 is 2.41 bits per heavy atom. The van der Waals surface area contributed by atoms with Gasteiger partial charge in [-0.2, -0.15) is 0 Å². The summed E-state index contributed by atoms with van der Waals surface area (Å²) >= 11 is 6.90. The van der Waals surface area contributed by atoms with Crippen LogP contribution in [0.25, 0.3) is 0 Å². The van der Waals surface area contributed by atoms with Crippen molar-refractivity contribution in [2.45, 2.75) is 20.3 Å². The molecule has 0 aromatic heterocycles. The molecule has 1 aromatic rings. The molecule has 5 heteroatoms. The van der Waals surface area contributed by atoms with E-state index in [1.165, 1.54) is 0 Å². The lowest BCUT2D eigenvalue weighted by Crippen LogP contribution is -2.21. The summed E-state index contributed by atoms with van der Waals surface area (Å²) in [6.07, 6.45) is 0.473. The highest BCUT2D eigenvalue weighted by molar-refractivity contribution is 9.11. The van der Waals surface area contributed by atoms with Gasteiger partial charge in [0.25, 0.3) is 0 Å². The van der Waals surface area contributed by atoms with Crippen LogP contribution in [0.4, 0.5) is 5.69 Å². The molecule has 1 amide bonds. The number of amides is 1. The van der Waals surface area contributed by atoms with Crippen molar-refractivity contribution in [3.05, 3.63) is 26.6 Å². The molecular formula is C12H16Br2N2O. The van der Waals surface area contributed by atoms with Crippen LogP contribution in [-0.2, 0) is 4.79 Å². The van der Waals surface area contributed by atoms with Crippen LogP contribution in [0.3, 0.4) is 0 Å².